The van der Waals surface area contributed by atoms with Crippen LogP contribution in [0, 0.1) is 0 Å². The molecule has 0 amide bonds. The Morgan fingerprint density at radius 2 is 2.00 bits per heavy atom. The minimum atomic E-state index is -4.14. The minimum Gasteiger partial charge on any atom is -0.468 e. The summed E-state index contributed by atoms with van der Waals surface area (Å²) >= 11 is 0. The topological polar surface area (TPSA) is 47.6 Å². The first kappa shape index (κ1) is 18.2. The second-order valence-corrected chi connectivity index (χ2v) is 4.15. The number of carbonyl (C=O) groups is 1. The third-order valence-corrected chi connectivity index (χ3v) is 2.43. The monoisotopic (exact) mass is 285 g/mol. The van der Waals surface area contributed by atoms with Crippen LogP contribution in [0.4, 0.5) is 13.2 Å². The molecule has 19 heavy (non-hydrogen) atoms. The summed E-state index contributed by atoms with van der Waals surface area (Å²) in [5.41, 5.74) is 0. The molecule has 0 aromatic carbocycles. The van der Waals surface area contributed by atoms with Crippen LogP contribution in [0.3, 0.4) is 0 Å². The minimum absolute atomic E-state index is 0.0428. The van der Waals surface area contributed by atoms with Crippen molar-refractivity contribution in [2.75, 3.05) is 26.9 Å². The number of esters is 1. The number of methoxy groups -OCH3 is 1. The molecular weight excluding hydrogens is 263 g/mol. The fourth-order valence-electron chi connectivity index (χ4n) is 1.44. The zero-order valence-corrected chi connectivity index (χ0v) is 11.4. The molecule has 1 N–H and O–H groups in total. The van der Waals surface area contributed by atoms with Crippen molar-refractivity contribution in [2.24, 2.45) is 0 Å². The molecule has 0 saturated carbocycles. The van der Waals surface area contributed by atoms with Crippen LogP contribution in [0.1, 0.15) is 32.6 Å². The van der Waals surface area contributed by atoms with Crippen LogP contribution in [0.2, 0.25) is 0 Å². The largest absolute Gasteiger partial charge is 0.468 e. The Hall–Kier alpha value is -0.820. The zero-order valence-electron chi connectivity index (χ0n) is 11.4. The highest BCUT2D eigenvalue weighted by Gasteiger charge is 2.26. The summed E-state index contributed by atoms with van der Waals surface area (Å²) < 4.78 is 45.3. The van der Waals surface area contributed by atoms with Crippen LogP contribution in [0.15, 0.2) is 0 Å². The molecule has 1 unspecified atom stereocenters. The summed E-state index contributed by atoms with van der Waals surface area (Å²) in [6.45, 7) is 2.92. The van der Waals surface area contributed by atoms with Crippen molar-refractivity contribution < 1.29 is 27.4 Å². The van der Waals surface area contributed by atoms with Crippen LogP contribution in [0.5, 0.6) is 0 Å². The van der Waals surface area contributed by atoms with Gasteiger partial charge < -0.3 is 14.8 Å². The van der Waals surface area contributed by atoms with E-state index in [1.54, 1.807) is 0 Å². The lowest BCUT2D eigenvalue weighted by molar-refractivity contribution is -0.143. The van der Waals surface area contributed by atoms with E-state index in [4.69, 9.17) is 4.74 Å². The van der Waals surface area contributed by atoms with Crippen LogP contribution in [0.25, 0.3) is 0 Å². The molecule has 4 nitrogen and oxygen atoms in total. The van der Waals surface area contributed by atoms with E-state index in [0.717, 1.165) is 6.42 Å². The highest BCUT2D eigenvalue weighted by Crippen LogP contribution is 2.20. The van der Waals surface area contributed by atoms with E-state index >= 15 is 0 Å². The Morgan fingerprint density at radius 1 is 1.32 bits per heavy atom. The normalized spacial score (nSPS) is 13.3. The van der Waals surface area contributed by atoms with Gasteiger partial charge in [-0.05, 0) is 25.8 Å². The Bertz CT molecular complexity index is 247. The van der Waals surface area contributed by atoms with Crippen LogP contribution < -0.4 is 5.32 Å². The molecule has 0 spiro atoms. The number of nitrogens with one attached hydrogen (secondary N) is 1. The summed E-state index contributed by atoms with van der Waals surface area (Å²) in [5.74, 6) is -0.382. The highest BCUT2D eigenvalue weighted by atomic mass is 19.4. The average molecular weight is 285 g/mol. The molecule has 0 saturated heterocycles. The van der Waals surface area contributed by atoms with Gasteiger partial charge in [0.05, 0.1) is 7.11 Å². The van der Waals surface area contributed by atoms with Gasteiger partial charge in [0.2, 0.25) is 0 Å². The number of halogens is 3. The first-order valence-electron chi connectivity index (χ1n) is 6.36. The fraction of sp³-hybridized carbons (Fsp3) is 0.917. The Labute approximate surface area is 111 Å². The number of rotatable bonds is 10. The number of ether oxygens (including phenoxy) is 2. The predicted molar refractivity (Wildman–Crippen MR) is 64.8 cm³/mol. The standard InChI is InChI=1S/C12H22F3NO3/c1-3-7-16-10(11(17)18-2)5-9-19-8-4-6-12(13,14)15/h10,16H,3-9H2,1-2H3. The van der Waals surface area contributed by atoms with Gasteiger partial charge in [-0.15, -0.1) is 0 Å². The maximum atomic E-state index is 11.9. The van der Waals surface area contributed by atoms with Crippen molar-refractivity contribution in [3.8, 4) is 0 Å². The molecule has 0 aromatic rings. The van der Waals surface area contributed by atoms with Gasteiger partial charge in [0.1, 0.15) is 6.04 Å². The van der Waals surface area contributed by atoms with Crippen LogP contribution >= 0.6 is 0 Å². The first-order valence-corrected chi connectivity index (χ1v) is 6.36. The van der Waals surface area contributed by atoms with E-state index in [9.17, 15) is 18.0 Å². The van der Waals surface area contributed by atoms with E-state index in [1.807, 2.05) is 6.92 Å². The molecule has 0 aliphatic rings. The molecule has 0 fully saturated rings. The van der Waals surface area contributed by atoms with Crippen molar-refractivity contribution in [1.29, 1.82) is 0 Å². The van der Waals surface area contributed by atoms with Crippen LogP contribution in [-0.2, 0) is 14.3 Å². The number of alkyl halides is 3. The maximum absolute atomic E-state index is 11.9. The fourth-order valence-corrected chi connectivity index (χ4v) is 1.44. The van der Waals surface area contributed by atoms with Crippen LogP contribution in [-0.4, -0.2) is 45.1 Å². The van der Waals surface area contributed by atoms with E-state index in [0.29, 0.717) is 13.0 Å². The van der Waals surface area contributed by atoms with E-state index < -0.39 is 18.6 Å². The number of hydrogen-bond acceptors (Lipinski definition) is 4. The van der Waals surface area contributed by atoms with Crippen molar-refractivity contribution in [3.05, 3.63) is 0 Å². The van der Waals surface area contributed by atoms with Gasteiger partial charge in [0, 0.05) is 19.6 Å². The van der Waals surface area contributed by atoms with E-state index in [2.05, 4.69) is 10.1 Å². The quantitative estimate of drug-likeness (QED) is 0.494. The zero-order chi connectivity index (χ0) is 14.7. The SMILES string of the molecule is CCCNC(CCOCCCC(F)(F)F)C(=O)OC. The molecular formula is C12H22F3NO3. The van der Waals surface area contributed by atoms with Gasteiger partial charge in [-0.2, -0.15) is 13.2 Å². The van der Waals surface area contributed by atoms with Crippen molar-refractivity contribution in [2.45, 2.75) is 44.8 Å². The second kappa shape index (κ2) is 10.0. The van der Waals surface area contributed by atoms with Gasteiger partial charge >= 0.3 is 12.1 Å². The molecule has 0 aliphatic carbocycles. The van der Waals surface area contributed by atoms with Crippen molar-refractivity contribution in [1.82, 2.24) is 5.32 Å². The Kier molecular flexibility index (Phi) is 9.59. The van der Waals surface area contributed by atoms with Gasteiger partial charge in [-0.3, -0.25) is 4.79 Å². The lowest BCUT2D eigenvalue weighted by Gasteiger charge is -2.16. The van der Waals surface area contributed by atoms with Gasteiger partial charge in [-0.25, -0.2) is 0 Å². The molecule has 7 heteroatoms. The van der Waals surface area contributed by atoms with E-state index in [1.165, 1.54) is 7.11 Å². The lowest BCUT2D eigenvalue weighted by Crippen LogP contribution is -2.39. The average Bonchev–Trinajstić information content (AvgIpc) is 2.34. The highest BCUT2D eigenvalue weighted by molar-refractivity contribution is 5.75. The Morgan fingerprint density at radius 3 is 2.53 bits per heavy atom. The summed E-state index contributed by atoms with van der Waals surface area (Å²) in [5, 5.41) is 3.00. The molecule has 0 aromatic heterocycles. The predicted octanol–water partition coefficient (Wildman–Crippen LogP) is 2.28. The molecule has 114 valence electrons. The van der Waals surface area contributed by atoms with Crippen molar-refractivity contribution in [3.63, 3.8) is 0 Å². The molecule has 0 rings (SSSR count). The van der Waals surface area contributed by atoms with Gasteiger partial charge in [0.15, 0.2) is 0 Å². The molecule has 0 heterocycles. The third kappa shape index (κ3) is 10.8. The van der Waals surface area contributed by atoms with Gasteiger partial charge in [-0.1, -0.05) is 6.92 Å². The summed E-state index contributed by atoms with van der Waals surface area (Å²) in [4.78, 5) is 11.4. The summed E-state index contributed by atoms with van der Waals surface area (Å²) in [7, 11) is 1.30. The molecule has 0 aliphatic heterocycles. The maximum Gasteiger partial charge on any atom is 0.389 e. The molecule has 1 atom stereocenters. The third-order valence-electron chi connectivity index (χ3n) is 2.43. The number of carbonyl (C=O) groups excluding carboxylic acids is 1. The molecule has 0 bridgehead atoms. The van der Waals surface area contributed by atoms with Gasteiger partial charge in [0.25, 0.3) is 0 Å². The summed E-state index contributed by atoms with van der Waals surface area (Å²) in [6.07, 6.45) is -3.78. The van der Waals surface area contributed by atoms with E-state index in [-0.39, 0.29) is 25.6 Å². The lowest BCUT2D eigenvalue weighted by atomic mass is 10.2. The molecule has 0 radical (unpaired) electrons. The first-order chi connectivity index (χ1) is 8.90. The second-order valence-electron chi connectivity index (χ2n) is 4.15. The summed E-state index contributed by atoms with van der Waals surface area (Å²) in [6, 6.07) is -0.465. The number of hydrogen-bond donors (Lipinski definition) is 1. The van der Waals surface area contributed by atoms with Crippen molar-refractivity contribution >= 4 is 5.97 Å². The Balaban J connectivity index is 3.72. The smallest absolute Gasteiger partial charge is 0.389 e.